The van der Waals surface area contributed by atoms with E-state index in [1.54, 1.807) is 40.3 Å². The zero-order valence-electron chi connectivity index (χ0n) is 14.4. The van der Waals surface area contributed by atoms with Gasteiger partial charge in [-0.05, 0) is 24.6 Å². The topological polar surface area (TPSA) is 75.0 Å². The van der Waals surface area contributed by atoms with Crippen LogP contribution in [0.5, 0.6) is 0 Å². The largest absolute Gasteiger partial charge is 0.314 e. The molecule has 2 amide bonds. The molecule has 3 aromatic rings. The third-order valence-corrected chi connectivity index (χ3v) is 5.22. The van der Waals surface area contributed by atoms with Crippen LogP contribution < -0.4 is 5.56 Å². The van der Waals surface area contributed by atoms with E-state index in [-0.39, 0.29) is 11.5 Å². The van der Waals surface area contributed by atoms with E-state index in [9.17, 15) is 14.4 Å². The van der Waals surface area contributed by atoms with Crippen molar-refractivity contribution in [2.24, 2.45) is 0 Å². The van der Waals surface area contributed by atoms with Gasteiger partial charge < -0.3 is 9.80 Å². The van der Waals surface area contributed by atoms with Gasteiger partial charge in [0, 0.05) is 36.6 Å². The molecule has 2 aliphatic heterocycles. The second-order valence-corrected chi connectivity index (χ2v) is 6.72. The molecule has 0 N–H and O–H groups in total. The van der Waals surface area contributed by atoms with Crippen LogP contribution in [0.25, 0.3) is 5.65 Å². The van der Waals surface area contributed by atoms with Crippen molar-refractivity contribution < 1.29 is 9.59 Å². The summed E-state index contributed by atoms with van der Waals surface area (Å²) < 4.78 is 1.36. The smallest absolute Gasteiger partial charge is 0.270 e. The average molecular weight is 360 g/mol. The first-order chi connectivity index (χ1) is 13.2. The number of amides is 2. The Morgan fingerprint density at radius 2 is 1.85 bits per heavy atom. The zero-order valence-corrected chi connectivity index (χ0v) is 14.4. The lowest BCUT2D eigenvalue weighted by atomic mass is 10.1. The highest BCUT2D eigenvalue weighted by molar-refractivity contribution is 6.01. The van der Waals surface area contributed by atoms with E-state index in [0.29, 0.717) is 30.7 Å². The molecule has 2 aliphatic rings. The number of nitrogens with zero attached hydrogens (tertiary/aromatic N) is 4. The zero-order chi connectivity index (χ0) is 18.5. The summed E-state index contributed by atoms with van der Waals surface area (Å²) in [4.78, 5) is 46.3. The first kappa shape index (κ1) is 15.7. The predicted octanol–water partition coefficient (Wildman–Crippen LogP) is 1.70. The van der Waals surface area contributed by atoms with E-state index in [1.165, 1.54) is 10.6 Å². The molecule has 0 spiro atoms. The summed E-state index contributed by atoms with van der Waals surface area (Å²) in [7, 11) is 0. The van der Waals surface area contributed by atoms with Crippen LogP contribution in [0.3, 0.4) is 0 Å². The Hall–Kier alpha value is -3.48. The molecular formula is C20H16N4O3. The van der Waals surface area contributed by atoms with Gasteiger partial charge in [-0.25, -0.2) is 4.98 Å². The van der Waals surface area contributed by atoms with Gasteiger partial charge in [-0.1, -0.05) is 24.3 Å². The van der Waals surface area contributed by atoms with Crippen molar-refractivity contribution in [3.63, 3.8) is 0 Å². The van der Waals surface area contributed by atoms with Crippen molar-refractivity contribution >= 4 is 17.5 Å². The molecular weight excluding hydrogens is 344 g/mol. The van der Waals surface area contributed by atoms with E-state index in [0.717, 1.165) is 5.56 Å². The lowest BCUT2D eigenvalue weighted by Gasteiger charge is -2.40. The Morgan fingerprint density at radius 1 is 1.04 bits per heavy atom. The highest BCUT2D eigenvalue weighted by Gasteiger charge is 2.44. The number of hydrogen-bond donors (Lipinski definition) is 0. The van der Waals surface area contributed by atoms with Crippen molar-refractivity contribution in [2.45, 2.75) is 12.6 Å². The number of fused-ring (bicyclic) bond motifs is 4. The quantitative estimate of drug-likeness (QED) is 0.662. The summed E-state index contributed by atoms with van der Waals surface area (Å²) in [5, 5.41) is 0. The second-order valence-electron chi connectivity index (χ2n) is 6.72. The number of carbonyl (C=O) groups excluding carboxylic acids is 2. The SMILES string of the molecule is O=C1c2ccccc2[C@H]2N1CCCN2C(=O)c1cnc2ccccn2c1=O. The lowest BCUT2D eigenvalue weighted by Crippen LogP contribution is -2.49. The van der Waals surface area contributed by atoms with Crippen molar-refractivity contribution in [3.8, 4) is 0 Å². The minimum Gasteiger partial charge on any atom is -0.314 e. The van der Waals surface area contributed by atoms with E-state index in [1.807, 2.05) is 18.2 Å². The molecule has 0 unspecified atom stereocenters. The van der Waals surface area contributed by atoms with E-state index in [2.05, 4.69) is 4.98 Å². The molecule has 1 aromatic carbocycles. The number of benzene rings is 1. The van der Waals surface area contributed by atoms with E-state index < -0.39 is 17.6 Å². The Balaban J connectivity index is 1.61. The maximum Gasteiger partial charge on any atom is 0.270 e. The Labute approximate surface area is 154 Å². The van der Waals surface area contributed by atoms with Crippen LogP contribution in [0.4, 0.5) is 0 Å². The van der Waals surface area contributed by atoms with Crippen LogP contribution in [-0.2, 0) is 0 Å². The van der Waals surface area contributed by atoms with Crippen LogP contribution in [0.1, 0.15) is 38.9 Å². The molecule has 1 fully saturated rings. The van der Waals surface area contributed by atoms with Crippen LogP contribution in [0.2, 0.25) is 0 Å². The molecule has 1 atom stereocenters. The van der Waals surface area contributed by atoms with E-state index in [4.69, 9.17) is 0 Å². The molecule has 1 saturated heterocycles. The Kier molecular flexibility index (Phi) is 3.36. The summed E-state index contributed by atoms with van der Waals surface area (Å²) in [5.74, 6) is -0.466. The average Bonchev–Trinajstić information content (AvgIpc) is 3.01. The van der Waals surface area contributed by atoms with Gasteiger partial charge in [0.2, 0.25) is 0 Å². The lowest BCUT2D eigenvalue weighted by molar-refractivity contribution is 0.0163. The molecule has 0 bridgehead atoms. The Bertz CT molecular complexity index is 1150. The highest BCUT2D eigenvalue weighted by Crippen LogP contribution is 2.38. The van der Waals surface area contributed by atoms with Gasteiger partial charge in [-0.3, -0.25) is 18.8 Å². The minimum absolute atomic E-state index is 0.0115. The van der Waals surface area contributed by atoms with Crippen LogP contribution >= 0.6 is 0 Å². The number of carbonyl (C=O) groups is 2. The summed E-state index contributed by atoms with van der Waals surface area (Å²) in [6, 6.07) is 12.6. The molecule has 0 saturated carbocycles. The normalized spacial score (nSPS) is 18.5. The van der Waals surface area contributed by atoms with Crippen LogP contribution in [-0.4, -0.2) is 44.1 Å². The molecule has 2 aromatic heterocycles. The van der Waals surface area contributed by atoms with E-state index >= 15 is 0 Å². The monoisotopic (exact) mass is 360 g/mol. The molecule has 5 rings (SSSR count). The van der Waals surface area contributed by atoms with Crippen LogP contribution in [0.15, 0.2) is 59.7 Å². The van der Waals surface area contributed by atoms with Gasteiger partial charge >= 0.3 is 0 Å². The molecule has 0 aliphatic carbocycles. The van der Waals surface area contributed by atoms with Gasteiger partial charge in [0.15, 0.2) is 0 Å². The van der Waals surface area contributed by atoms with Gasteiger partial charge in [0.25, 0.3) is 17.4 Å². The summed E-state index contributed by atoms with van der Waals surface area (Å²) in [5.41, 5.74) is 1.53. The fourth-order valence-electron chi connectivity index (χ4n) is 3.98. The third-order valence-electron chi connectivity index (χ3n) is 5.22. The van der Waals surface area contributed by atoms with Gasteiger partial charge in [-0.2, -0.15) is 0 Å². The standard InChI is InChI=1S/C20H16N4O3/c25-18-14-7-2-1-6-13(14)17-23(18)10-5-11-24(17)20(27)15-12-21-16-8-3-4-9-22(16)19(15)26/h1-4,6-9,12,17H,5,10-11H2/t17-/m0/s1. The number of aromatic nitrogens is 2. The van der Waals surface area contributed by atoms with Crippen molar-refractivity contribution in [3.05, 3.63) is 81.9 Å². The van der Waals surface area contributed by atoms with Gasteiger partial charge in [-0.15, -0.1) is 0 Å². The second kappa shape index (κ2) is 5.77. The summed E-state index contributed by atoms with van der Waals surface area (Å²) >= 11 is 0. The van der Waals surface area contributed by atoms with Crippen molar-refractivity contribution in [1.29, 1.82) is 0 Å². The number of pyridine rings is 1. The fraction of sp³-hybridized carbons (Fsp3) is 0.200. The maximum atomic E-state index is 13.3. The molecule has 7 nitrogen and oxygen atoms in total. The molecule has 4 heterocycles. The third kappa shape index (κ3) is 2.21. The molecule has 7 heteroatoms. The number of hydrogen-bond acceptors (Lipinski definition) is 4. The molecule has 0 radical (unpaired) electrons. The fourth-order valence-corrected chi connectivity index (χ4v) is 3.98. The predicted molar refractivity (Wildman–Crippen MR) is 97.3 cm³/mol. The van der Waals surface area contributed by atoms with Gasteiger partial charge in [0.1, 0.15) is 17.4 Å². The minimum atomic E-state index is -0.467. The first-order valence-corrected chi connectivity index (χ1v) is 8.84. The highest BCUT2D eigenvalue weighted by atomic mass is 16.2. The van der Waals surface area contributed by atoms with Crippen molar-refractivity contribution in [2.75, 3.05) is 13.1 Å². The molecule has 134 valence electrons. The number of rotatable bonds is 1. The van der Waals surface area contributed by atoms with Crippen molar-refractivity contribution in [1.82, 2.24) is 19.2 Å². The molecule has 27 heavy (non-hydrogen) atoms. The maximum absolute atomic E-state index is 13.3. The summed E-state index contributed by atoms with van der Waals surface area (Å²) in [6.07, 6.45) is 3.13. The Morgan fingerprint density at radius 3 is 2.74 bits per heavy atom. The van der Waals surface area contributed by atoms with Crippen LogP contribution in [0, 0.1) is 0 Å². The first-order valence-electron chi connectivity index (χ1n) is 8.84. The summed E-state index contributed by atoms with van der Waals surface area (Å²) in [6.45, 7) is 1.08. The van der Waals surface area contributed by atoms with Gasteiger partial charge in [0.05, 0.1) is 0 Å².